The zero-order valence-corrected chi connectivity index (χ0v) is 10.7. The minimum atomic E-state index is -1.02. The second-order valence-corrected chi connectivity index (χ2v) is 4.29. The molecule has 0 amide bonds. The fraction of sp³-hybridized carbons (Fsp3) is 0.133. The Morgan fingerprint density at radius 1 is 1.21 bits per heavy atom. The monoisotopic (exact) mass is 256 g/mol. The molecule has 0 saturated heterocycles. The Bertz CT molecular complexity index is 609. The number of carboxylic acid groups (broad SMARTS) is 1. The molecular formula is C15H16N2O2. The second-order valence-electron chi connectivity index (χ2n) is 4.29. The van der Waals surface area contributed by atoms with Gasteiger partial charge in [-0.2, -0.15) is 0 Å². The number of nitrogen functional groups attached to an aromatic ring is 1. The van der Waals surface area contributed by atoms with Crippen molar-refractivity contribution >= 4 is 23.0 Å². The average molecular weight is 256 g/mol. The van der Waals surface area contributed by atoms with Crippen LogP contribution < -0.4 is 11.1 Å². The third-order valence-electron chi connectivity index (χ3n) is 2.91. The molecule has 0 fully saturated rings. The molecule has 0 unspecified atom stereocenters. The molecular weight excluding hydrogens is 240 g/mol. The fourth-order valence-corrected chi connectivity index (χ4v) is 1.85. The molecule has 4 heteroatoms. The molecule has 0 aromatic heterocycles. The summed E-state index contributed by atoms with van der Waals surface area (Å²) >= 11 is 0. The van der Waals surface area contributed by atoms with Crippen LogP contribution in [-0.2, 0) is 6.42 Å². The Balaban J connectivity index is 2.28. The molecule has 0 spiro atoms. The molecule has 0 heterocycles. The molecule has 4 nitrogen and oxygen atoms in total. The Morgan fingerprint density at radius 3 is 2.63 bits per heavy atom. The van der Waals surface area contributed by atoms with E-state index in [-0.39, 0.29) is 11.3 Å². The molecule has 2 aromatic carbocycles. The highest BCUT2D eigenvalue weighted by Gasteiger charge is 2.08. The summed E-state index contributed by atoms with van der Waals surface area (Å²) in [4.78, 5) is 11.0. The first kappa shape index (κ1) is 13.0. The van der Waals surface area contributed by atoms with E-state index in [0.717, 1.165) is 12.1 Å². The number of rotatable bonds is 4. The van der Waals surface area contributed by atoms with Crippen molar-refractivity contribution in [2.24, 2.45) is 0 Å². The van der Waals surface area contributed by atoms with Gasteiger partial charge in [0.05, 0.1) is 5.56 Å². The van der Waals surface area contributed by atoms with Crippen LogP contribution >= 0.6 is 0 Å². The van der Waals surface area contributed by atoms with Gasteiger partial charge in [-0.15, -0.1) is 0 Å². The minimum Gasteiger partial charge on any atom is -0.478 e. The van der Waals surface area contributed by atoms with Crippen LogP contribution in [0.25, 0.3) is 0 Å². The summed E-state index contributed by atoms with van der Waals surface area (Å²) in [6, 6.07) is 12.9. The van der Waals surface area contributed by atoms with Crippen LogP contribution in [0.5, 0.6) is 0 Å². The van der Waals surface area contributed by atoms with Crippen molar-refractivity contribution in [1.29, 1.82) is 0 Å². The van der Waals surface area contributed by atoms with Gasteiger partial charge < -0.3 is 16.2 Å². The molecule has 4 N–H and O–H groups in total. The number of hydrogen-bond acceptors (Lipinski definition) is 3. The van der Waals surface area contributed by atoms with E-state index in [9.17, 15) is 4.79 Å². The first-order chi connectivity index (χ1) is 9.10. The lowest BCUT2D eigenvalue weighted by molar-refractivity contribution is 0.0698. The van der Waals surface area contributed by atoms with E-state index in [1.807, 2.05) is 18.2 Å². The molecule has 0 saturated carbocycles. The van der Waals surface area contributed by atoms with Crippen LogP contribution in [0.2, 0.25) is 0 Å². The molecule has 0 aliphatic heterocycles. The van der Waals surface area contributed by atoms with Crippen LogP contribution in [0.15, 0.2) is 42.5 Å². The van der Waals surface area contributed by atoms with Crippen molar-refractivity contribution in [3.8, 4) is 0 Å². The number of carboxylic acids is 1. The number of nitrogens with two attached hydrogens (primary N) is 1. The molecule has 0 bridgehead atoms. The fourth-order valence-electron chi connectivity index (χ4n) is 1.85. The van der Waals surface area contributed by atoms with E-state index in [4.69, 9.17) is 10.8 Å². The number of anilines is 3. The smallest absolute Gasteiger partial charge is 0.337 e. The Labute approximate surface area is 111 Å². The summed E-state index contributed by atoms with van der Waals surface area (Å²) in [7, 11) is 0. The Hall–Kier alpha value is -2.49. The largest absolute Gasteiger partial charge is 0.478 e. The van der Waals surface area contributed by atoms with Crippen molar-refractivity contribution in [2.45, 2.75) is 13.3 Å². The lowest BCUT2D eigenvalue weighted by Crippen LogP contribution is -2.03. The van der Waals surface area contributed by atoms with Crippen molar-refractivity contribution in [3.63, 3.8) is 0 Å². The van der Waals surface area contributed by atoms with Gasteiger partial charge in [0.2, 0.25) is 0 Å². The maximum atomic E-state index is 11.0. The van der Waals surface area contributed by atoms with Gasteiger partial charge in [0.1, 0.15) is 0 Å². The highest BCUT2D eigenvalue weighted by molar-refractivity contribution is 5.95. The first-order valence-corrected chi connectivity index (χ1v) is 6.09. The molecule has 0 aliphatic carbocycles. The van der Waals surface area contributed by atoms with Crippen LogP contribution in [-0.4, -0.2) is 11.1 Å². The normalized spacial score (nSPS) is 10.2. The summed E-state index contributed by atoms with van der Waals surface area (Å²) in [5.74, 6) is -1.02. The number of aryl methyl sites for hydroxylation is 1. The summed E-state index contributed by atoms with van der Waals surface area (Å²) in [5, 5.41) is 12.2. The van der Waals surface area contributed by atoms with Crippen molar-refractivity contribution < 1.29 is 9.90 Å². The lowest BCUT2D eigenvalue weighted by atomic mass is 10.1. The van der Waals surface area contributed by atoms with Crippen molar-refractivity contribution in [1.82, 2.24) is 0 Å². The van der Waals surface area contributed by atoms with E-state index in [1.54, 1.807) is 12.1 Å². The van der Waals surface area contributed by atoms with Crippen molar-refractivity contribution in [3.05, 3.63) is 53.6 Å². The number of carbonyl (C=O) groups is 1. The Kier molecular flexibility index (Phi) is 3.71. The highest BCUT2D eigenvalue weighted by atomic mass is 16.4. The van der Waals surface area contributed by atoms with E-state index < -0.39 is 5.97 Å². The Morgan fingerprint density at radius 2 is 1.95 bits per heavy atom. The number of aromatic carboxylic acids is 1. The molecule has 2 aromatic rings. The summed E-state index contributed by atoms with van der Waals surface area (Å²) in [5.41, 5.74) is 8.85. The van der Waals surface area contributed by atoms with Crippen LogP contribution in [0.3, 0.4) is 0 Å². The molecule has 0 aliphatic rings. The van der Waals surface area contributed by atoms with E-state index in [0.29, 0.717) is 5.69 Å². The van der Waals surface area contributed by atoms with E-state index >= 15 is 0 Å². The van der Waals surface area contributed by atoms with Gasteiger partial charge >= 0.3 is 5.97 Å². The van der Waals surface area contributed by atoms with Gasteiger partial charge in [-0.3, -0.25) is 0 Å². The highest BCUT2D eigenvalue weighted by Crippen LogP contribution is 2.22. The number of benzene rings is 2. The maximum Gasteiger partial charge on any atom is 0.337 e. The lowest BCUT2D eigenvalue weighted by Gasteiger charge is -2.09. The number of hydrogen-bond donors (Lipinski definition) is 3. The predicted octanol–water partition coefficient (Wildman–Crippen LogP) is 3.27. The molecule has 0 atom stereocenters. The number of nitrogens with one attached hydrogen (secondary N) is 1. The van der Waals surface area contributed by atoms with Crippen LogP contribution in [0.1, 0.15) is 22.8 Å². The third-order valence-corrected chi connectivity index (χ3v) is 2.91. The molecule has 98 valence electrons. The SMILES string of the molecule is CCc1cccc(Nc2ccc(N)c(C(=O)O)c2)c1. The van der Waals surface area contributed by atoms with Crippen LogP contribution in [0.4, 0.5) is 17.1 Å². The average Bonchev–Trinajstić information content (AvgIpc) is 2.41. The van der Waals surface area contributed by atoms with Gasteiger partial charge in [0.25, 0.3) is 0 Å². The van der Waals surface area contributed by atoms with Gasteiger partial charge in [-0.25, -0.2) is 4.79 Å². The molecule has 2 rings (SSSR count). The molecule has 0 radical (unpaired) electrons. The third kappa shape index (κ3) is 3.04. The standard InChI is InChI=1S/C15H16N2O2/c1-2-10-4-3-5-11(8-10)17-12-6-7-14(16)13(9-12)15(18)19/h3-9,17H,2,16H2,1H3,(H,18,19). The van der Waals surface area contributed by atoms with Crippen LogP contribution in [0, 0.1) is 0 Å². The summed E-state index contributed by atoms with van der Waals surface area (Å²) in [6.45, 7) is 2.09. The second kappa shape index (κ2) is 5.44. The van der Waals surface area contributed by atoms with E-state index in [1.165, 1.54) is 11.6 Å². The van der Waals surface area contributed by atoms with Crippen molar-refractivity contribution in [2.75, 3.05) is 11.1 Å². The predicted molar refractivity (Wildman–Crippen MR) is 76.9 cm³/mol. The quantitative estimate of drug-likeness (QED) is 0.734. The van der Waals surface area contributed by atoms with Gasteiger partial charge in [-0.1, -0.05) is 19.1 Å². The minimum absolute atomic E-state index is 0.108. The summed E-state index contributed by atoms with van der Waals surface area (Å²) < 4.78 is 0. The molecule has 19 heavy (non-hydrogen) atoms. The first-order valence-electron chi connectivity index (χ1n) is 6.09. The van der Waals surface area contributed by atoms with Gasteiger partial charge in [-0.05, 0) is 42.3 Å². The maximum absolute atomic E-state index is 11.0. The van der Waals surface area contributed by atoms with Gasteiger partial charge in [0, 0.05) is 17.1 Å². The van der Waals surface area contributed by atoms with E-state index in [2.05, 4.69) is 18.3 Å². The zero-order valence-electron chi connectivity index (χ0n) is 10.7. The van der Waals surface area contributed by atoms with Gasteiger partial charge in [0.15, 0.2) is 0 Å². The topological polar surface area (TPSA) is 75.3 Å². The summed E-state index contributed by atoms with van der Waals surface area (Å²) in [6.07, 6.45) is 0.956. The zero-order chi connectivity index (χ0) is 13.8.